The van der Waals surface area contributed by atoms with Gasteiger partial charge in [0.1, 0.15) is 0 Å². The Morgan fingerprint density at radius 1 is 1.36 bits per heavy atom. The Labute approximate surface area is 86.1 Å². The number of aliphatic hydroxyl groups is 1. The van der Waals surface area contributed by atoms with Crippen molar-refractivity contribution in [1.29, 1.82) is 0 Å². The normalized spacial score (nSPS) is 13.5. The van der Waals surface area contributed by atoms with Gasteiger partial charge in [0, 0.05) is 13.1 Å². The summed E-state index contributed by atoms with van der Waals surface area (Å²) in [7, 11) is 0. The zero-order valence-corrected chi connectivity index (χ0v) is 9.55. The van der Waals surface area contributed by atoms with E-state index in [1.165, 1.54) is 0 Å². The van der Waals surface area contributed by atoms with E-state index in [1.54, 1.807) is 0 Å². The summed E-state index contributed by atoms with van der Waals surface area (Å²) >= 11 is 0. The third-order valence-corrected chi connectivity index (χ3v) is 2.04. The maximum Gasteiger partial charge on any atom is 0.314 e. The van der Waals surface area contributed by atoms with Crippen molar-refractivity contribution in [2.75, 3.05) is 13.1 Å². The van der Waals surface area contributed by atoms with Crippen molar-refractivity contribution in [2.24, 2.45) is 5.41 Å². The fourth-order valence-electron chi connectivity index (χ4n) is 0.978. The molecule has 3 N–H and O–H groups in total. The third kappa shape index (κ3) is 5.80. The van der Waals surface area contributed by atoms with E-state index in [2.05, 4.69) is 10.6 Å². The maximum absolute atomic E-state index is 11.0. The lowest BCUT2D eigenvalue weighted by Crippen LogP contribution is -2.38. The molecule has 0 heterocycles. The molecule has 2 amide bonds. The highest BCUT2D eigenvalue weighted by atomic mass is 16.3. The zero-order chi connectivity index (χ0) is 11.2. The number of amides is 2. The van der Waals surface area contributed by atoms with Crippen LogP contribution < -0.4 is 10.6 Å². The highest BCUT2D eigenvalue weighted by Crippen LogP contribution is 2.20. The molecule has 0 saturated heterocycles. The Hall–Kier alpha value is -0.770. The van der Waals surface area contributed by atoms with Crippen molar-refractivity contribution in [1.82, 2.24) is 10.6 Å². The molecule has 0 radical (unpaired) electrons. The molecule has 0 aromatic rings. The average Bonchev–Trinajstić information content (AvgIpc) is 2.02. The lowest BCUT2D eigenvalue weighted by Gasteiger charge is -2.25. The first-order valence-electron chi connectivity index (χ1n) is 5.07. The molecule has 0 rings (SSSR count). The predicted molar refractivity (Wildman–Crippen MR) is 57.2 cm³/mol. The van der Waals surface area contributed by atoms with E-state index in [0.717, 1.165) is 0 Å². The van der Waals surface area contributed by atoms with Gasteiger partial charge in [0.25, 0.3) is 0 Å². The molecule has 4 nitrogen and oxygen atoms in total. The van der Waals surface area contributed by atoms with Gasteiger partial charge in [0.15, 0.2) is 0 Å². The van der Waals surface area contributed by atoms with Crippen LogP contribution in [0.2, 0.25) is 0 Å². The van der Waals surface area contributed by atoms with Crippen LogP contribution in [0.3, 0.4) is 0 Å². The van der Waals surface area contributed by atoms with Crippen LogP contribution in [0.4, 0.5) is 4.79 Å². The van der Waals surface area contributed by atoms with Crippen molar-refractivity contribution in [2.45, 2.75) is 40.2 Å². The van der Waals surface area contributed by atoms with E-state index >= 15 is 0 Å². The maximum atomic E-state index is 11.0. The van der Waals surface area contributed by atoms with E-state index in [0.29, 0.717) is 19.5 Å². The van der Waals surface area contributed by atoms with Crippen molar-refractivity contribution < 1.29 is 9.90 Å². The molecule has 0 aliphatic heterocycles. The fourth-order valence-corrected chi connectivity index (χ4v) is 0.978. The number of carbonyl (C=O) groups excluding carboxylic acids is 1. The SMILES string of the molecule is CCNC(=O)NCC[C@@H](O)C(C)(C)C. The van der Waals surface area contributed by atoms with Crippen LogP contribution in [0.25, 0.3) is 0 Å². The lowest BCUT2D eigenvalue weighted by molar-refractivity contribution is 0.0564. The fraction of sp³-hybridized carbons (Fsp3) is 0.900. The van der Waals surface area contributed by atoms with Crippen molar-refractivity contribution in [3.05, 3.63) is 0 Å². The molecule has 0 spiro atoms. The molecular formula is C10H22N2O2. The topological polar surface area (TPSA) is 61.4 Å². The molecule has 0 bridgehead atoms. The molecule has 0 unspecified atom stereocenters. The molecule has 0 saturated carbocycles. The summed E-state index contributed by atoms with van der Waals surface area (Å²) in [5, 5.41) is 15.0. The standard InChI is InChI=1S/C10H22N2O2/c1-5-11-9(14)12-7-6-8(13)10(2,3)4/h8,13H,5-7H2,1-4H3,(H2,11,12,14)/t8-/m1/s1. The number of nitrogens with one attached hydrogen (secondary N) is 2. The first-order valence-corrected chi connectivity index (χ1v) is 5.07. The molecule has 1 atom stereocenters. The molecule has 0 aromatic heterocycles. The summed E-state index contributed by atoms with van der Waals surface area (Å²) in [4.78, 5) is 11.0. The third-order valence-electron chi connectivity index (χ3n) is 2.04. The van der Waals surface area contributed by atoms with Gasteiger partial charge in [-0.1, -0.05) is 20.8 Å². The van der Waals surface area contributed by atoms with Crippen molar-refractivity contribution >= 4 is 6.03 Å². The first-order chi connectivity index (χ1) is 6.38. The minimum atomic E-state index is -0.385. The minimum absolute atomic E-state index is 0.122. The molecule has 0 aliphatic carbocycles. The van der Waals surface area contributed by atoms with Crippen LogP contribution in [0.5, 0.6) is 0 Å². The summed E-state index contributed by atoms with van der Waals surface area (Å²) < 4.78 is 0. The van der Waals surface area contributed by atoms with Crippen LogP contribution in [0.1, 0.15) is 34.1 Å². The molecule has 0 aromatic carbocycles. The number of urea groups is 1. The largest absolute Gasteiger partial charge is 0.393 e. The summed E-state index contributed by atoms with van der Waals surface area (Å²) in [5.74, 6) is 0. The zero-order valence-electron chi connectivity index (χ0n) is 9.55. The molecule has 4 heteroatoms. The Balaban J connectivity index is 3.59. The van der Waals surface area contributed by atoms with Gasteiger partial charge in [-0.05, 0) is 18.8 Å². The molecule has 14 heavy (non-hydrogen) atoms. The van der Waals surface area contributed by atoms with Gasteiger partial charge < -0.3 is 15.7 Å². The van der Waals surface area contributed by atoms with Crippen LogP contribution >= 0.6 is 0 Å². The number of rotatable bonds is 4. The van der Waals surface area contributed by atoms with Gasteiger partial charge in [0.2, 0.25) is 0 Å². The Morgan fingerprint density at radius 2 is 1.93 bits per heavy atom. The second-order valence-corrected chi connectivity index (χ2v) is 4.46. The number of aliphatic hydroxyl groups excluding tert-OH is 1. The van der Waals surface area contributed by atoms with Crippen molar-refractivity contribution in [3.63, 3.8) is 0 Å². The van der Waals surface area contributed by atoms with Gasteiger partial charge in [-0.3, -0.25) is 0 Å². The summed E-state index contributed by atoms with van der Waals surface area (Å²) in [5.41, 5.74) is -0.122. The van der Waals surface area contributed by atoms with Gasteiger partial charge >= 0.3 is 6.03 Å². The predicted octanol–water partition coefficient (Wildman–Crippen LogP) is 1.10. The minimum Gasteiger partial charge on any atom is -0.393 e. The number of hydrogen-bond acceptors (Lipinski definition) is 2. The lowest BCUT2D eigenvalue weighted by atomic mass is 9.87. The monoisotopic (exact) mass is 202 g/mol. The highest BCUT2D eigenvalue weighted by molar-refractivity contribution is 5.73. The van der Waals surface area contributed by atoms with E-state index in [-0.39, 0.29) is 17.6 Å². The molecule has 0 fully saturated rings. The second-order valence-electron chi connectivity index (χ2n) is 4.46. The van der Waals surface area contributed by atoms with Crippen LogP contribution in [0, 0.1) is 5.41 Å². The summed E-state index contributed by atoms with van der Waals surface area (Å²) in [6.07, 6.45) is 0.199. The van der Waals surface area contributed by atoms with Gasteiger partial charge in [-0.25, -0.2) is 4.79 Å². The molecular weight excluding hydrogens is 180 g/mol. The van der Waals surface area contributed by atoms with E-state index in [9.17, 15) is 9.90 Å². The Bertz CT molecular complexity index is 175. The summed E-state index contributed by atoms with van der Waals surface area (Å²) in [6.45, 7) is 8.92. The van der Waals surface area contributed by atoms with Crippen molar-refractivity contribution in [3.8, 4) is 0 Å². The quantitative estimate of drug-likeness (QED) is 0.639. The first kappa shape index (κ1) is 13.2. The van der Waals surface area contributed by atoms with Crippen LogP contribution in [-0.4, -0.2) is 30.3 Å². The van der Waals surface area contributed by atoms with Gasteiger partial charge in [-0.2, -0.15) is 0 Å². The van der Waals surface area contributed by atoms with Crippen LogP contribution in [-0.2, 0) is 0 Å². The average molecular weight is 202 g/mol. The number of carbonyl (C=O) groups is 1. The molecule has 0 aliphatic rings. The van der Waals surface area contributed by atoms with E-state index in [4.69, 9.17) is 0 Å². The Morgan fingerprint density at radius 3 is 2.36 bits per heavy atom. The van der Waals surface area contributed by atoms with E-state index in [1.807, 2.05) is 27.7 Å². The molecule has 84 valence electrons. The second kappa shape index (κ2) is 5.86. The van der Waals surface area contributed by atoms with Gasteiger partial charge in [0.05, 0.1) is 6.10 Å². The van der Waals surface area contributed by atoms with Gasteiger partial charge in [-0.15, -0.1) is 0 Å². The number of hydrogen-bond donors (Lipinski definition) is 3. The Kier molecular flexibility index (Phi) is 5.53. The van der Waals surface area contributed by atoms with Crippen LogP contribution in [0.15, 0.2) is 0 Å². The summed E-state index contributed by atoms with van der Waals surface area (Å²) in [6, 6.07) is -0.173. The van der Waals surface area contributed by atoms with E-state index < -0.39 is 0 Å². The highest BCUT2D eigenvalue weighted by Gasteiger charge is 2.21. The smallest absolute Gasteiger partial charge is 0.314 e.